The van der Waals surface area contributed by atoms with E-state index in [1.54, 1.807) is 0 Å². The van der Waals surface area contributed by atoms with E-state index in [1.165, 1.54) is 11.1 Å². The largest absolute Gasteiger partial charge is 0.306 e. The Bertz CT molecular complexity index is 564. The Morgan fingerprint density at radius 2 is 1.75 bits per heavy atom. The van der Waals surface area contributed by atoms with Crippen molar-refractivity contribution in [1.82, 2.24) is 5.32 Å². The molecular formula is C17H19Cl2N. The molecule has 0 amide bonds. The van der Waals surface area contributed by atoms with Gasteiger partial charge >= 0.3 is 0 Å². The summed E-state index contributed by atoms with van der Waals surface area (Å²) in [5.74, 6) is 0. The van der Waals surface area contributed by atoms with Gasteiger partial charge in [-0.15, -0.1) is 0 Å². The average Bonchev–Trinajstić information content (AvgIpc) is 2.45. The highest BCUT2D eigenvalue weighted by atomic mass is 35.5. The van der Waals surface area contributed by atoms with Crippen LogP contribution < -0.4 is 5.32 Å². The molecule has 0 heterocycles. The van der Waals surface area contributed by atoms with Gasteiger partial charge in [0.25, 0.3) is 0 Å². The Morgan fingerprint density at radius 3 is 2.40 bits per heavy atom. The molecule has 0 aliphatic heterocycles. The fourth-order valence-electron chi connectivity index (χ4n) is 2.29. The van der Waals surface area contributed by atoms with Crippen molar-refractivity contribution < 1.29 is 0 Å². The highest BCUT2D eigenvalue weighted by Crippen LogP contribution is 2.29. The summed E-state index contributed by atoms with van der Waals surface area (Å²) >= 11 is 12.2. The molecule has 20 heavy (non-hydrogen) atoms. The third kappa shape index (κ3) is 3.54. The van der Waals surface area contributed by atoms with Crippen LogP contribution in [0.25, 0.3) is 0 Å². The number of hydrogen-bond donors (Lipinski definition) is 1. The summed E-state index contributed by atoms with van der Waals surface area (Å²) in [6.45, 7) is 5.18. The topological polar surface area (TPSA) is 12.0 Å². The van der Waals surface area contributed by atoms with E-state index in [1.807, 2.05) is 24.3 Å². The van der Waals surface area contributed by atoms with Crippen LogP contribution in [0.4, 0.5) is 0 Å². The third-order valence-corrected chi connectivity index (χ3v) is 4.08. The molecule has 1 nitrogen and oxygen atoms in total. The van der Waals surface area contributed by atoms with E-state index in [-0.39, 0.29) is 6.04 Å². The van der Waals surface area contributed by atoms with E-state index >= 15 is 0 Å². The lowest BCUT2D eigenvalue weighted by Gasteiger charge is -2.22. The highest BCUT2D eigenvalue weighted by Gasteiger charge is 2.16. The summed E-state index contributed by atoms with van der Waals surface area (Å²) < 4.78 is 0. The van der Waals surface area contributed by atoms with Crippen LogP contribution in [-0.2, 0) is 0 Å². The zero-order valence-electron chi connectivity index (χ0n) is 11.8. The molecule has 0 aliphatic carbocycles. The Balaban J connectivity index is 2.41. The molecule has 1 unspecified atom stereocenters. The second kappa shape index (κ2) is 7.12. The van der Waals surface area contributed by atoms with E-state index in [4.69, 9.17) is 23.2 Å². The minimum Gasteiger partial charge on any atom is -0.306 e. The van der Waals surface area contributed by atoms with Crippen LogP contribution in [-0.4, -0.2) is 6.54 Å². The van der Waals surface area contributed by atoms with Crippen molar-refractivity contribution in [1.29, 1.82) is 0 Å². The summed E-state index contributed by atoms with van der Waals surface area (Å²) in [7, 11) is 0. The van der Waals surface area contributed by atoms with E-state index in [9.17, 15) is 0 Å². The van der Waals surface area contributed by atoms with Crippen molar-refractivity contribution in [3.63, 3.8) is 0 Å². The third-order valence-electron chi connectivity index (χ3n) is 3.42. The molecule has 0 aliphatic rings. The predicted octanol–water partition coefficient (Wildman–Crippen LogP) is 5.39. The number of rotatable bonds is 5. The molecule has 2 rings (SSSR count). The van der Waals surface area contributed by atoms with Crippen LogP contribution in [0.5, 0.6) is 0 Å². The van der Waals surface area contributed by atoms with Crippen molar-refractivity contribution in [2.75, 3.05) is 6.54 Å². The molecule has 1 N–H and O–H groups in total. The summed E-state index contributed by atoms with van der Waals surface area (Å²) in [6, 6.07) is 14.2. The molecular weight excluding hydrogens is 289 g/mol. The minimum atomic E-state index is 0.144. The maximum absolute atomic E-state index is 6.26. The van der Waals surface area contributed by atoms with Gasteiger partial charge < -0.3 is 5.32 Å². The molecule has 0 saturated heterocycles. The Morgan fingerprint density at radius 1 is 1.05 bits per heavy atom. The first kappa shape index (κ1) is 15.4. The van der Waals surface area contributed by atoms with Crippen LogP contribution in [0.3, 0.4) is 0 Å². The highest BCUT2D eigenvalue weighted by molar-refractivity contribution is 6.31. The number of nitrogens with one attached hydrogen (secondary N) is 1. The fourth-order valence-corrected chi connectivity index (χ4v) is 2.60. The molecule has 106 valence electrons. The van der Waals surface area contributed by atoms with Crippen LogP contribution in [0.15, 0.2) is 42.5 Å². The Hall–Kier alpha value is -1.02. The van der Waals surface area contributed by atoms with Gasteiger partial charge in [-0.2, -0.15) is 0 Å². The van der Waals surface area contributed by atoms with Crippen molar-refractivity contribution >= 4 is 23.2 Å². The van der Waals surface area contributed by atoms with Gasteiger partial charge in [0.15, 0.2) is 0 Å². The van der Waals surface area contributed by atoms with Crippen molar-refractivity contribution in [3.8, 4) is 0 Å². The van der Waals surface area contributed by atoms with Gasteiger partial charge in [0, 0.05) is 10.0 Å². The predicted molar refractivity (Wildman–Crippen MR) is 87.8 cm³/mol. The van der Waals surface area contributed by atoms with Gasteiger partial charge in [-0.25, -0.2) is 0 Å². The van der Waals surface area contributed by atoms with Gasteiger partial charge in [-0.3, -0.25) is 0 Å². The quantitative estimate of drug-likeness (QED) is 0.780. The van der Waals surface area contributed by atoms with Crippen LogP contribution >= 0.6 is 23.2 Å². The molecule has 0 aromatic heterocycles. The Kier molecular flexibility index (Phi) is 5.47. The second-order valence-corrected chi connectivity index (χ2v) is 5.74. The molecule has 0 saturated carbocycles. The van der Waals surface area contributed by atoms with Crippen molar-refractivity contribution in [2.24, 2.45) is 0 Å². The number of halogens is 2. The summed E-state index contributed by atoms with van der Waals surface area (Å²) in [6.07, 6.45) is 1.09. The lowest BCUT2D eigenvalue weighted by atomic mass is 9.95. The van der Waals surface area contributed by atoms with Crippen LogP contribution in [0, 0.1) is 6.92 Å². The monoisotopic (exact) mass is 307 g/mol. The second-order valence-electron chi connectivity index (χ2n) is 4.89. The van der Waals surface area contributed by atoms with Gasteiger partial charge in [0.1, 0.15) is 0 Å². The first-order valence-electron chi connectivity index (χ1n) is 6.87. The fraction of sp³-hybridized carbons (Fsp3) is 0.294. The smallest absolute Gasteiger partial charge is 0.0579 e. The molecule has 0 fully saturated rings. The van der Waals surface area contributed by atoms with Crippen molar-refractivity contribution in [3.05, 3.63) is 69.2 Å². The normalized spacial score (nSPS) is 12.4. The first-order chi connectivity index (χ1) is 9.63. The maximum Gasteiger partial charge on any atom is 0.0579 e. The van der Waals surface area contributed by atoms with Gasteiger partial charge in [0.2, 0.25) is 0 Å². The Labute approximate surface area is 130 Å². The van der Waals surface area contributed by atoms with E-state index in [0.717, 1.165) is 28.6 Å². The van der Waals surface area contributed by atoms with E-state index in [2.05, 4.69) is 37.4 Å². The lowest BCUT2D eigenvalue weighted by Crippen LogP contribution is -2.24. The minimum absolute atomic E-state index is 0.144. The standard InChI is InChI=1S/C17H19Cl2N/c1-3-11-20-17(13-7-9-14(18)10-8-13)15-5-4-6-16(19)12(15)2/h4-10,17,20H,3,11H2,1-2H3. The molecule has 2 aromatic carbocycles. The van der Waals surface area contributed by atoms with E-state index < -0.39 is 0 Å². The average molecular weight is 308 g/mol. The molecule has 0 radical (unpaired) electrons. The van der Waals surface area contributed by atoms with Crippen LogP contribution in [0.2, 0.25) is 10.0 Å². The number of hydrogen-bond acceptors (Lipinski definition) is 1. The van der Waals surface area contributed by atoms with E-state index in [0.29, 0.717) is 0 Å². The van der Waals surface area contributed by atoms with Gasteiger partial charge in [-0.1, -0.05) is 54.4 Å². The zero-order valence-corrected chi connectivity index (χ0v) is 13.3. The molecule has 0 bridgehead atoms. The summed E-state index contributed by atoms with van der Waals surface area (Å²) in [5, 5.41) is 5.15. The molecule has 3 heteroatoms. The zero-order chi connectivity index (χ0) is 14.5. The van der Waals surface area contributed by atoms with Crippen LogP contribution in [0.1, 0.15) is 36.1 Å². The van der Waals surface area contributed by atoms with Gasteiger partial charge in [-0.05, 0) is 54.8 Å². The summed E-state index contributed by atoms with van der Waals surface area (Å²) in [4.78, 5) is 0. The summed E-state index contributed by atoms with van der Waals surface area (Å²) in [5.41, 5.74) is 3.54. The molecule has 2 aromatic rings. The molecule has 1 atom stereocenters. The molecule has 0 spiro atoms. The SMILES string of the molecule is CCCNC(c1ccc(Cl)cc1)c1cccc(Cl)c1C. The number of benzene rings is 2. The lowest BCUT2D eigenvalue weighted by molar-refractivity contribution is 0.596. The first-order valence-corrected chi connectivity index (χ1v) is 7.63. The maximum atomic E-state index is 6.26. The van der Waals surface area contributed by atoms with Gasteiger partial charge in [0.05, 0.1) is 6.04 Å². The van der Waals surface area contributed by atoms with Crippen molar-refractivity contribution in [2.45, 2.75) is 26.3 Å².